The first kappa shape index (κ1) is 19.0. The Labute approximate surface area is 123 Å². The monoisotopic (exact) mass is 268 g/mol. The van der Waals surface area contributed by atoms with Crippen molar-refractivity contribution in [2.45, 2.75) is 99.8 Å². The number of unbranched alkanes of at least 4 members (excludes halogenated alkanes) is 2. The summed E-state index contributed by atoms with van der Waals surface area (Å²) >= 11 is 0. The molecule has 2 atom stereocenters. The quantitative estimate of drug-likeness (QED) is 0.351. The highest BCUT2D eigenvalue weighted by atomic mass is 14.3. The molecule has 0 aromatic carbocycles. The van der Waals surface area contributed by atoms with E-state index in [-0.39, 0.29) is 0 Å². The van der Waals surface area contributed by atoms with Gasteiger partial charge >= 0.3 is 0 Å². The standard InChI is InChI=1S/C19H40/c1-8-9-10-11-17(4)12-13-18(5)15-19(6,7)14-16(2)3/h16-18H,8-15H2,1-7H3. The predicted octanol–water partition coefficient (Wildman–Crippen LogP) is 7.08. The van der Waals surface area contributed by atoms with Gasteiger partial charge in [-0.3, -0.25) is 0 Å². The van der Waals surface area contributed by atoms with Crippen molar-refractivity contribution in [1.82, 2.24) is 0 Å². The minimum Gasteiger partial charge on any atom is -0.0654 e. The van der Waals surface area contributed by atoms with Crippen LogP contribution in [0.25, 0.3) is 0 Å². The maximum atomic E-state index is 2.46. The van der Waals surface area contributed by atoms with Crippen LogP contribution in [0.1, 0.15) is 99.8 Å². The summed E-state index contributed by atoms with van der Waals surface area (Å²) in [4.78, 5) is 0. The molecule has 0 spiro atoms. The van der Waals surface area contributed by atoms with Crippen molar-refractivity contribution < 1.29 is 0 Å². The first-order valence-electron chi connectivity index (χ1n) is 8.76. The third kappa shape index (κ3) is 11.5. The summed E-state index contributed by atoms with van der Waals surface area (Å²) in [7, 11) is 0. The molecular formula is C19H40. The Hall–Kier alpha value is 0. The van der Waals surface area contributed by atoms with Gasteiger partial charge < -0.3 is 0 Å². The van der Waals surface area contributed by atoms with Crippen LogP contribution < -0.4 is 0 Å². The number of rotatable bonds is 11. The van der Waals surface area contributed by atoms with Crippen molar-refractivity contribution in [3.8, 4) is 0 Å². The van der Waals surface area contributed by atoms with Crippen LogP contribution in [-0.4, -0.2) is 0 Å². The molecule has 0 bridgehead atoms. The van der Waals surface area contributed by atoms with E-state index in [0.717, 1.165) is 17.8 Å². The van der Waals surface area contributed by atoms with E-state index < -0.39 is 0 Å². The Kier molecular flexibility index (Phi) is 9.83. The highest BCUT2D eigenvalue weighted by Crippen LogP contribution is 2.34. The van der Waals surface area contributed by atoms with Crippen LogP contribution in [0, 0.1) is 23.2 Å². The van der Waals surface area contributed by atoms with E-state index in [9.17, 15) is 0 Å². The summed E-state index contributed by atoms with van der Waals surface area (Å²) in [6, 6.07) is 0. The van der Waals surface area contributed by atoms with E-state index in [1.165, 1.54) is 51.4 Å². The second kappa shape index (κ2) is 9.83. The normalized spacial score (nSPS) is 15.8. The second-order valence-electron chi connectivity index (χ2n) is 8.25. The van der Waals surface area contributed by atoms with E-state index in [2.05, 4.69) is 48.5 Å². The SMILES string of the molecule is CCCCCC(C)CCC(C)CC(C)(C)CC(C)C. The molecule has 0 nitrogen and oxygen atoms in total. The van der Waals surface area contributed by atoms with Gasteiger partial charge in [0.1, 0.15) is 0 Å². The minimum absolute atomic E-state index is 0.527. The summed E-state index contributed by atoms with van der Waals surface area (Å²) in [5, 5.41) is 0. The zero-order chi connectivity index (χ0) is 14.9. The maximum absolute atomic E-state index is 2.46. The van der Waals surface area contributed by atoms with Crippen LogP contribution >= 0.6 is 0 Å². The molecule has 0 saturated carbocycles. The molecule has 0 amide bonds. The Morgan fingerprint density at radius 3 is 1.84 bits per heavy atom. The Bertz CT molecular complexity index is 202. The molecule has 0 heterocycles. The average Bonchev–Trinajstić information content (AvgIpc) is 2.24. The summed E-state index contributed by atoms with van der Waals surface area (Å²) in [6.45, 7) is 16.8. The van der Waals surface area contributed by atoms with Gasteiger partial charge in [-0.15, -0.1) is 0 Å². The lowest BCUT2D eigenvalue weighted by Gasteiger charge is -2.30. The predicted molar refractivity (Wildman–Crippen MR) is 89.6 cm³/mol. The van der Waals surface area contributed by atoms with Crippen LogP contribution in [0.5, 0.6) is 0 Å². The lowest BCUT2D eigenvalue weighted by molar-refractivity contribution is 0.215. The van der Waals surface area contributed by atoms with Crippen molar-refractivity contribution in [3.63, 3.8) is 0 Å². The highest BCUT2D eigenvalue weighted by molar-refractivity contribution is 4.73. The van der Waals surface area contributed by atoms with Crippen LogP contribution in [0.15, 0.2) is 0 Å². The van der Waals surface area contributed by atoms with Crippen molar-refractivity contribution in [3.05, 3.63) is 0 Å². The maximum Gasteiger partial charge on any atom is -0.0349 e. The van der Waals surface area contributed by atoms with E-state index in [4.69, 9.17) is 0 Å². The lowest BCUT2D eigenvalue weighted by Crippen LogP contribution is -2.18. The molecule has 2 unspecified atom stereocenters. The lowest BCUT2D eigenvalue weighted by atomic mass is 9.76. The highest BCUT2D eigenvalue weighted by Gasteiger charge is 2.22. The molecule has 0 aliphatic heterocycles. The molecule has 0 aromatic heterocycles. The first-order valence-corrected chi connectivity index (χ1v) is 8.76. The van der Waals surface area contributed by atoms with E-state index in [1.54, 1.807) is 0 Å². The second-order valence-corrected chi connectivity index (χ2v) is 8.25. The fourth-order valence-corrected chi connectivity index (χ4v) is 3.69. The molecule has 116 valence electrons. The summed E-state index contributed by atoms with van der Waals surface area (Å²) in [5.74, 6) is 2.65. The zero-order valence-corrected chi connectivity index (χ0v) is 14.9. The van der Waals surface area contributed by atoms with E-state index >= 15 is 0 Å². The van der Waals surface area contributed by atoms with Crippen molar-refractivity contribution >= 4 is 0 Å². The topological polar surface area (TPSA) is 0 Å². The third-order valence-electron chi connectivity index (χ3n) is 4.31. The van der Waals surface area contributed by atoms with Gasteiger partial charge in [-0.2, -0.15) is 0 Å². The molecule has 0 fully saturated rings. The Balaban J connectivity index is 3.81. The number of hydrogen-bond acceptors (Lipinski definition) is 0. The summed E-state index contributed by atoms with van der Waals surface area (Å²) in [5.41, 5.74) is 0.527. The van der Waals surface area contributed by atoms with Crippen molar-refractivity contribution in [2.24, 2.45) is 23.2 Å². The summed E-state index contributed by atoms with van der Waals surface area (Å²) in [6.07, 6.45) is 11.3. The third-order valence-corrected chi connectivity index (χ3v) is 4.31. The molecule has 0 N–H and O–H groups in total. The molecule has 0 saturated heterocycles. The summed E-state index contributed by atoms with van der Waals surface area (Å²) < 4.78 is 0. The van der Waals surface area contributed by atoms with Gasteiger partial charge in [-0.1, -0.05) is 87.0 Å². The van der Waals surface area contributed by atoms with Gasteiger partial charge in [0.05, 0.1) is 0 Å². The minimum atomic E-state index is 0.527. The molecule has 0 aliphatic carbocycles. The molecular weight excluding hydrogens is 228 g/mol. The molecule has 19 heavy (non-hydrogen) atoms. The fourth-order valence-electron chi connectivity index (χ4n) is 3.69. The molecule has 0 rings (SSSR count). The molecule has 0 aliphatic rings. The fraction of sp³-hybridized carbons (Fsp3) is 1.00. The van der Waals surface area contributed by atoms with E-state index in [0.29, 0.717) is 5.41 Å². The van der Waals surface area contributed by atoms with Gasteiger partial charge in [0.2, 0.25) is 0 Å². The largest absolute Gasteiger partial charge is 0.0654 e. The first-order chi connectivity index (χ1) is 8.76. The Morgan fingerprint density at radius 2 is 1.32 bits per heavy atom. The van der Waals surface area contributed by atoms with Crippen LogP contribution in [-0.2, 0) is 0 Å². The molecule has 0 heteroatoms. The van der Waals surface area contributed by atoms with Crippen molar-refractivity contribution in [2.75, 3.05) is 0 Å². The smallest absolute Gasteiger partial charge is 0.0349 e. The van der Waals surface area contributed by atoms with Gasteiger partial charge in [0.15, 0.2) is 0 Å². The van der Waals surface area contributed by atoms with Gasteiger partial charge in [0, 0.05) is 0 Å². The number of hydrogen-bond donors (Lipinski definition) is 0. The molecule has 0 aromatic rings. The van der Waals surface area contributed by atoms with Gasteiger partial charge in [-0.05, 0) is 36.0 Å². The van der Waals surface area contributed by atoms with Gasteiger partial charge in [-0.25, -0.2) is 0 Å². The zero-order valence-electron chi connectivity index (χ0n) is 14.9. The van der Waals surface area contributed by atoms with Gasteiger partial charge in [0.25, 0.3) is 0 Å². The van der Waals surface area contributed by atoms with Crippen molar-refractivity contribution in [1.29, 1.82) is 0 Å². The van der Waals surface area contributed by atoms with Crippen LogP contribution in [0.2, 0.25) is 0 Å². The Morgan fingerprint density at radius 1 is 0.737 bits per heavy atom. The van der Waals surface area contributed by atoms with Crippen LogP contribution in [0.4, 0.5) is 0 Å². The average molecular weight is 269 g/mol. The molecule has 0 radical (unpaired) electrons. The van der Waals surface area contributed by atoms with E-state index in [1.807, 2.05) is 0 Å². The van der Waals surface area contributed by atoms with Crippen LogP contribution in [0.3, 0.4) is 0 Å².